The predicted octanol–water partition coefficient (Wildman–Crippen LogP) is 2.95. The number of anilines is 1. The van der Waals surface area contributed by atoms with E-state index in [0.29, 0.717) is 43.3 Å². The summed E-state index contributed by atoms with van der Waals surface area (Å²) in [6.45, 7) is 4.32. The first-order chi connectivity index (χ1) is 14.7. The van der Waals surface area contributed by atoms with Crippen molar-refractivity contribution in [3.05, 3.63) is 65.9 Å². The molecule has 1 N–H and O–H groups in total. The number of amides is 1. The zero-order valence-corrected chi connectivity index (χ0v) is 16.8. The molecule has 3 aromatic rings. The normalized spacial score (nSPS) is 15.9. The maximum Gasteiger partial charge on any atom is 0.244 e. The SMILES string of the molecule is C[C@H](NC(=O)[C@H](C#N)c1nc2ccccc2nc1N1CCOCC1)c1ccccc1. The van der Waals surface area contributed by atoms with Gasteiger partial charge in [-0.3, -0.25) is 4.79 Å². The van der Waals surface area contributed by atoms with Gasteiger partial charge < -0.3 is 15.0 Å². The van der Waals surface area contributed by atoms with Crippen molar-refractivity contribution in [3.63, 3.8) is 0 Å². The molecule has 0 spiro atoms. The van der Waals surface area contributed by atoms with E-state index in [0.717, 1.165) is 11.1 Å². The average Bonchev–Trinajstić information content (AvgIpc) is 2.80. The summed E-state index contributed by atoms with van der Waals surface area (Å²) in [4.78, 5) is 24.6. The lowest BCUT2D eigenvalue weighted by Crippen LogP contribution is -2.39. The van der Waals surface area contributed by atoms with Crippen LogP contribution in [0.1, 0.15) is 30.1 Å². The second-order valence-electron chi connectivity index (χ2n) is 7.22. The van der Waals surface area contributed by atoms with Crippen LogP contribution in [0.3, 0.4) is 0 Å². The number of para-hydroxylation sites is 2. The highest BCUT2D eigenvalue weighted by atomic mass is 16.5. The third-order valence-corrected chi connectivity index (χ3v) is 5.21. The quantitative estimate of drug-likeness (QED) is 0.707. The summed E-state index contributed by atoms with van der Waals surface area (Å²) < 4.78 is 5.45. The summed E-state index contributed by atoms with van der Waals surface area (Å²) in [6.07, 6.45) is 0. The van der Waals surface area contributed by atoms with E-state index in [1.807, 2.05) is 66.4 Å². The smallest absolute Gasteiger partial charge is 0.244 e. The minimum Gasteiger partial charge on any atom is -0.378 e. The van der Waals surface area contributed by atoms with Crippen LogP contribution >= 0.6 is 0 Å². The van der Waals surface area contributed by atoms with Gasteiger partial charge in [-0.15, -0.1) is 0 Å². The van der Waals surface area contributed by atoms with Gasteiger partial charge in [0.25, 0.3) is 0 Å². The topological polar surface area (TPSA) is 91.1 Å². The van der Waals surface area contributed by atoms with Crippen LogP contribution in [-0.4, -0.2) is 42.2 Å². The van der Waals surface area contributed by atoms with E-state index in [1.54, 1.807) is 0 Å². The molecule has 30 heavy (non-hydrogen) atoms. The highest BCUT2D eigenvalue weighted by Gasteiger charge is 2.30. The second-order valence-corrected chi connectivity index (χ2v) is 7.22. The van der Waals surface area contributed by atoms with Crippen molar-refractivity contribution >= 4 is 22.8 Å². The Labute approximate surface area is 175 Å². The van der Waals surface area contributed by atoms with Crippen molar-refractivity contribution in [1.29, 1.82) is 5.26 Å². The molecule has 0 unspecified atom stereocenters. The van der Waals surface area contributed by atoms with Crippen LogP contribution < -0.4 is 10.2 Å². The Morgan fingerprint density at radius 3 is 2.37 bits per heavy atom. The number of benzene rings is 2. The molecule has 0 radical (unpaired) electrons. The number of nitrogens with zero attached hydrogens (tertiary/aromatic N) is 4. The van der Waals surface area contributed by atoms with Gasteiger partial charge in [-0.05, 0) is 24.6 Å². The number of fused-ring (bicyclic) bond motifs is 1. The Balaban J connectivity index is 1.69. The van der Waals surface area contributed by atoms with Crippen LogP contribution in [0.15, 0.2) is 54.6 Å². The largest absolute Gasteiger partial charge is 0.378 e. The molecule has 1 saturated heterocycles. The molecule has 7 heteroatoms. The Morgan fingerprint density at radius 1 is 1.07 bits per heavy atom. The number of ether oxygens (including phenoxy) is 1. The van der Waals surface area contributed by atoms with E-state index in [1.165, 1.54) is 0 Å². The fourth-order valence-electron chi connectivity index (χ4n) is 3.57. The maximum absolute atomic E-state index is 13.1. The summed E-state index contributed by atoms with van der Waals surface area (Å²) >= 11 is 0. The van der Waals surface area contributed by atoms with Crippen molar-refractivity contribution in [2.24, 2.45) is 0 Å². The molecule has 2 atom stereocenters. The highest BCUT2D eigenvalue weighted by molar-refractivity contribution is 5.89. The molecule has 1 aromatic heterocycles. The minimum atomic E-state index is -1.06. The van der Waals surface area contributed by atoms with E-state index in [-0.39, 0.29) is 11.9 Å². The molecule has 2 aromatic carbocycles. The first-order valence-electron chi connectivity index (χ1n) is 10.0. The Morgan fingerprint density at radius 2 is 1.70 bits per heavy atom. The Kier molecular flexibility index (Phi) is 5.87. The van der Waals surface area contributed by atoms with Crippen molar-refractivity contribution in [1.82, 2.24) is 15.3 Å². The number of rotatable bonds is 5. The van der Waals surface area contributed by atoms with E-state index in [2.05, 4.69) is 11.4 Å². The van der Waals surface area contributed by atoms with Crippen molar-refractivity contribution in [2.75, 3.05) is 31.2 Å². The number of carbonyl (C=O) groups is 1. The molecule has 7 nitrogen and oxygen atoms in total. The zero-order chi connectivity index (χ0) is 20.9. The predicted molar refractivity (Wildman–Crippen MR) is 114 cm³/mol. The molecule has 0 bridgehead atoms. The van der Waals surface area contributed by atoms with Gasteiger partial charge in [0.1, 0.15) is 5.69 Å². The number of morpholine rings is 1. The summed E-state index contributed by atoms with van der Waals surface area (Å²) in [5.74, 6) is -0.870. The highest BCUT2D eigenvalue weighted by Crippen LogP contribution is 2.28. The Bertz CT molecular complexity index is 1070. The van der Waals surface area contributed by atoms with Gasteiger partial charge in [-0.1, -0.05) is 42.5 Å². The number of hydrogen-bond acceptors (Lipinski definition) is 6. The molecule has 0 saturated carbocycles. The number of carbonyl (C=O) groups excluding carboxylic acids is 1. The van der Waals surface area contributed by atoms with E-state index in [9.17, 15) is 10.1 Å². The Hall–Kier alpha value is -3.50. The van der Waals surface area contributed by atoms with E-state index < -0.39 is 5.92 Å². The van der Waals surface area contributed by atoms with Crippen molar-refractivity contribution in [3.8, 4) is 6.07 Å². The van der Waals surface area contributed by atoms with E-state index in [4.69, 9.17) is 14.7 Å². The van der Waals surface area contributed by atoms with Gasteiger partial charge in [-0.2, -0.15) is 5.26 Å². The summed E-state index contributed by atoms with van der Waals surface area (Å²) in [5.41, 5.74) is 2.75. The number of nitriles is 1. The molecule has 1 aliphatic rings. The van der Waals surface area contributed by atoms with Gasteiger partial charge in [-0.25, -0.2) is 9.97 Å². The molecule has 1 fully saturated rings. The molecule has 4 rings (SSSR count). The molecule has 0 aliphatic carbocycles. The van der Waals surface area contributed by atoms with Crippen LogP contribution in [0, 0.1) is 11.3 Å². The van der Waals surface area contributed by atoms with Gasteiger partial charge in [0, 0.05) is 13.1 Å². The number of nitrogens with one attached hydrogen (secondary N) is 1. The minimum absolute atomic E-state index is 0.227. The average molecular weight is 401 g/mol. The number of aromatic nitrogens is 2. The van der Waals surface area contributed by atoms with Crippen LogP contribution in [-0.2, 0) is 9.53 Å². The van der Waals surface area contributed by atoms with Crippen LogP contribution in [0.4, 0.5) is 5.82 Å². The molecular formula is C23H23N5O2. The molecular weight excluding hydrogens is 378 g/mol. The molecule has 152 valence electrons. The summed E-state index contributed by atoms with van der Waals surface area (Å²) in [7, 11) is 0. The fraction of sp³-hybridized carbons (Fsp3) is 0.304. The van der Waals surface area contributed by atoms with Gasteiger partial charge in [0.05, 0.1) is 36.4 Å². The standard InChI is InChI=1S/C23H23N5O2/c1-16(17-7-3-2-4-8-17)25-23(29)18(15-24)21-22(28-11-13-30-14-12-28)27-20-10-6-5-9-19(20)26-21/h2-10,16,18H,11-14H2,1H3,(H,25,29)/t16-,18+/m0/s1. The first kappa shape index (κ1) is 19.8. The van der Waals surface area contributed by atoms with Crippen molar-refractivity contribution in [2.45, 2.75) is 18.9 Å². The van der Waals surface area contributed by atoms with Gasteiger partial charge in [0.2, 0.25) is 5.91 Å². The van der Waals surface area contributed by atoms with Crippen LogP contribution in [0.25, 0.3) is 11.0 Å². The molecule has 1 amide bonds. The monoisotopic (exact) mass is 401 g/mol. The van der Waals surface area contributed by atoms with Gasteiger partial charge >= 0.3 is 0 Å². The third-order valence-electron chi connectivity index (χ3n) is 5.21. The lowest BCUT2D eigenvalue weighted by atomic mass is 10.0. The summed E-state index contributed by atoms with van der Waals surface area (Å²) in [5, 5.41) is 12.9. The lowest BCUT2D eigenvalue weighted by molar-refractivity contribution is -0.122. The van der Waals surface area contributed by atoms with Crippen molar-refractivity contribution < 1.29 is 9.53 Å². The van der Waals surface area contributed by atoms with Crippen LogP contribution in [0.5, 0.6) is 0 Å². The second kappa shape index (κ2) is 8.89. The fourth-order valence-corrected chi connectivity index (χ4v) is 3.57. The molecule has 2 heterocycles. The maximum atomic E-state index is 13.1. The third kappa shape index (κ3) is 4.09. The zero-order valence-electron chi connectivity index (χ0n) is 16.8. The summed E-state index contributed by atoms with van der Waals surface area (Å²) in [6, 6.07) is 19.1. The van der Waals surface area contributed by atoms with Gasteiger partial charge in [0.15, 0.2) is 11.7 Å². The van der Waals surface area contributed by atoms with Crippen LogP contribution in [0.2, 0.25) is 0 Å². The lowest BCUT2D eigenvalue weighted by Gasteiger charge is -2.30. The molecule has 1 aliphatic heterocycles. The van der Waals surface area contributed by atoms with E-state index >= 15 is 0 Å². The number of hydrogen-bond donors (Lipinski definition) is 1. The first-order valence-corrected chi connectivity index (χ1v) is 10.0.